The van der Waals surface area contributed by atoms with Crippen LogP contribution in [0.5, 0.6) is 5.75 Å². The molecule has 0 unspecified atom stereocenters. The molecule has 1 N–H and O–H groups in total. The van der Waals surface area contributed by atoms with E-state index in [1.807, 2.05) is 0 Å². The average Bonchev–Trinajstić information content (AvgIpc) is 3.35. The maximum Gasteiger partial charge on any atom is 0.340 e. The van der Waals surface area contributed by atoms with E-state index in [2.05, 4.69) is 15.1 Å². The highest BCUT2D eigenvalue weighted by atomic mass is 19.3. The summed E-state index contributed by atoms with van der Waals surface area (Å²) in [6.45, 7) is -0.534. The fraction of sp³-hybridized carbons (Fsp3) is 0.304. The van der Waals surface area contributed by atoms with Crippen LogP contribution in [0.25, 0.3) is 10.9 Å². The fourth-order valence-corrected chi connectivity index (χ4v) is 3.80. The van der Waals surface area contributed by atoms with Gasteiger partial charge in [0, 0.05) is 17.7 Å². The van der Waals surface area contributed by atoms with E-state index in [1.165, 1.54) is 30.3 Å². The molecule has 2 aromatic carbocycles. The molecule has 8 nitrogen and oxygen atoms in total. The first-order valence-corrected chi connectivity index (χ1v) is 10.7. The number of hydrogen-bond donors (Lipinski definition) is 1. The highest BCUT2D eigenvalue weighted by molar-refractivity contribution is 5.78. The Balaban J connectivity index is 1.72. The largest absolute Gasteiger partial charge is 0.487 e. The molecule has 14 heteroatoms. The molecule has 0 saturated carbocycles. The van der Waals surface area contributed by atoms with Crippen molar-refractivity contribution in [2.45, 2.75) is 37.5 Å². The molecule has 0 saturated heterocycles. The standard InChI is InChI=1S/C23H19F6N5O3/c1-13(22(36,8-33-11-30-10-32-33)17-5-2-14(24)6-18(17)25)34-12-31-19-7-15(3-4-16(19)20(34)35)37-9-23(28,29)21(26)27/h2-7,10-13,21,36H,8-9H2,1H3/t13-,22-/m1/s1. The summed E-state index contributed by atoms with van der Waals surface area (Å²) in [6.07, 6.45) is -0.422. The van der Waals surface area contributed by atoms with Crippen molar-refractivity contribution in [3.05, 3.63) is 82.9 Å². The Bertz CT molecular complexity index is 1460. The number of halogens is 6. The molecule has 0 aliphatic carbocycles. The molecule has 0 radical (unpaired) electrons. The number of rotatable bonds is 9. The molecule has 4 rings (SSSR count). The van der Waals surface area contributed by atoms with Crippen molar-refractivity contribution < 1.29 is 36.2 Å². The van der Waals surface area contributed by atoms with Gasteiger partial charge in [-0.3, -0.25) is 9.36 Å². The van der Waals surface area contributed by atoms with Gasteiger partial charge in [0.25, 0.3) is 5.56 Å². The van der Waals surface area contributed by atoms with Crippen molar-refractivity contribution in [2.24, 2.45) is 0 Å². The summed E-state index contributed by atoms with van der Waals surface area (Å²) in [5.74, 6) is -6.52. The van der Waals surface area contributed by atoms with E-state index in [4.69, 9.17) is 4.74 Å². The molecule has 0 aliphatic heterocycles. The first-order valence-electron chi connectivity index (χ1n) is 10.7. The zero-order valence-electron chi connectivity index (χ0n) is 19.0. The third kappa shape index (κ3) is 5.14. The van der Waals surface area contributed by atoms with Crippen molar-refractivity contribution in [3.8, 4) is 5.75 Å². The SMILES string of the molecule is C[C@@H](n1cnc2cc(OCC(F)(F)C(F)F)ccc2c1=O)[C@](O)(Cn1cncn1)c1ccc(F)cc1F. The van der Waals surface area contributed by atoms with Crippen LogP contribution >= 0.6 is 0 Å². The number of alkyl halides is 4. The van der Waals surface area contributed by atoms with Crippen LogP contribution in [0.15, 0.2) is 60.2 Å². The van der Waals surface area contributed by atoms with Crippen LogP contribution in [-0.4, -0.2) is 48.4 Å². The predicted molar refractivity (Wildman–Crippen MR) is 117 cm³/mol. The summed E-state index contributed by atoms with van der Waals surface area (Å²) in [4.78, 5) is 21.1. The Morgan fingerprint density at radius 3 is 2.51 bits per heavy atom. The normalized spacial score (nSPS) is 14.6. The Hall–Kier alpha value is -3.94. The molecule has 0 amide bonds. The summed E-state index contributed by atoms with van der Waals surface area (Å²) in [5.41, 5.74) is -3.15. The van der Waals surface area contributed by atoms with Crippen LogP contribution in [0.4, 0.5) is 26.3 Å². The van der Waals surface area contributed by atoms with Gasteiger partial charge in [-0.2, -0.15) is 13.9 Å². The lowest BCUT2D eigenvalue weighted by Gasteiger charge is -2.35. The lowest BCUT2D eigenvalue weighted by atomic mass is 9.86. The van der Waals surface area contributed by atoms with Crippen molar-refractivity contribution in [2.75, 3.05) is 6.61 Å². The smallest absolute Gasteiger partial charge is 0.340 e. The van der Waals surface area contributed by atoms with Gasteiger partial charge in [0.1, 0.15) is 35.6 Å². The summed E-state index contributed by atoms with van der Waals surface area (Å²) in [5, 5.41) is 15.6. The molecule has 0 spiro atoms. The van der Waals surface area contributed by atoms with Crippen LogP contribution in [-0.2, 0) is 12.1 Å². The number of aliphatic hydroxyl groups is 1. The molecule has 196 valence electrons. The lowest BCUT2D eigenvalue weighted by molar-refractivity contribution is -0.148. The second kappa shape index (κ2) is 9.84. The Morgan fingerprint density at radius 2 is 1.86 bits per heavy atom. The van der Waals surface area contributed by atoms with Gasteiger partial charge in [-0.1, -0.05) is 6.07 Å². The predicted octanol–water partition coefficient (Wildman–Crippen LogP) is 3.69. The van der Waals surface area contributed by atoms with E-state index in [0.717, 1.165) is 35.2 Å². The van der Waals surface area contributed by atoms with Crippen LogP contribution < -0.4 is 10.3 Å². The maximum absolute atomic E-state index is 14.8. The van der Waals surface area contributed by atoms with Crippen molar-refractivity contribution in [1.82, 2.24) is 24.3 Å². The number of ether oxygens (including phenoxy) is 1. The van der Waals surface area contributed by atoms with Gasteiger partial charge < -0.3 is 9.84 Å². The van der Waals surface area contributed by atoms with Gasteiger partial charge >= 0.3 is 12.3 Å². The summed E-state index contributed by atoms with van der Waals surface area (Å²) in [6, 6.07) is 4.85. The van der Waals surface area contributed by atoms with Gasteiger partial charge in [-0.05, 0) is 25.1 Å². The summed E-state index contributed by atoms with van der Waals surface area (Å²) < 4.78 is 86.4. The van der Waals surface area contributed by atoms with Crippen LogP contribution in [0, 0.1) is 11.6 Å². The highest BCUT2D eigenvalue weighted by Gasteiger charge is 2.42. The minimum Gasteiger partial charge on any atom is -0.487 e. The monoisotopic (exact) mass is 527 g/mol. The number of benzene rings is 2. The number of fused-ring (bicyclic) bond motifs is 1. The molecule has 4 aromatic rings. The Morgan fingerprint density at radius 1 is 1.11 bits per heavy atom. The lowest BCUT2D eigenvalue weighted by Crippen LogP contribution is -2.43. The second-order valence-electron chi connectivity index (χ2n) is 8.30. The third-order valence-corrected chi connectivity index (χ3v) is 5.88. The summed E-state index contributed by atoms with van der Waals surface area (Å²) >= 11 is 0. The van der Waals surface area contributed by atoms with Gasteiger partial charge in [0.2, 0.25) is 0 Å². The minimum absolute atomic E-state index is 0.000841. The van der Waals surface area contributed by atoms with Crippen LogP contribution in [0.3, 0.4) is 0 Å². The molecule has 2 aromatic heterocycles. The van der Waals surface area contributed by atoms with Gasteiger partial charge in [0.05, 0.1) is 29.8 Å². The van der Waals surface area contributed by atoms with E-state index in [-0.39, 0.29) is 28.8 Å². The molecule has 0 bridgehead atoms. The van der Waals surface area contributed by atoms with Gasteiger partial charge in [-0.15, -0.1) is 0 Å². The first kappa shape index (κ1) is 26.1. The first-order chi connectivity index (χ1) is 17.4. The van der Waals surface area contributed by atoms with Gasteiger partial charge in [0.15, 0.2) is 6.61 Å². The molecular weight excluding hydrogens is 508 g/mol. The van der Waals surface area contributed by atoms with E-state index in [9.17, 15) is 36.2 Å². The zero-order chi connectivity index (χ0) is 27.0. The second-order valence-corrected chi connectivity index (χ2v) is 8.30. The number of nitrogens with zero attached hydrogens (tertiary/aromatic N) is 5. The summed E-state index contributed by atoms with van der Waals surface area (Å²) in [7, 11) is 0. The molecule has 37 heavy (non-hydrogen) atoms. The molecule has 2 atom stereocenters. The topological polar surface area (TPSA) is 95.1 Å². The fourth-order valence-electron chi connectivity index (χ4n) is 3.80. The van der Waals surface area contributed by atoms with E-state index in [1.54, 1.807) is 0 Å². The molecule has 0 fully saturated rings. The molecular formula is C23H19F6N5O3. The maximum atomic E-state index is 14.8. The zero-order valence-corrected chi connectivity index (χ0v) is 19.0. The van der Waals surface area contributed by atoms with E-state index >= 15 is 0 Å². The van der Waals surface area contributed by atoms with Crippen LogP contribution in [0.1, 0.15) is 18.5 Å². The quantitative estimate of drug-likeness (QED) is 0.334. The van der Waals surface area contributed by atoms with Crippen molar-refractivity contribution >= 4 is 10.9 Å². The van der Waals surface area contributed by atoms with Crippen molar-refractivity contribution in [1.29, 1.82) is 0 Å². The Kier molecular flexibility index (Phi) is 6.95. The van der Waals surface area contributed by atoms with Gasteiger partial charge in [-0.25, -0.2) is 32.2 Å². The van der Waals surface area contributed by atoms with E-state index < -0.39 is 47.8 Å². The van der Waals surface area contributed by atoms with Crippen molar-refractivity contribution in [3.63, 3.8) is 0 Å². The van der Waals surface area contributed by atoms with E-state index in [0.29, 0.717) is 6.07 Å². The highest BCUT2D eigenvalue weighted by Crippen LogP contribution is 2.36. The Labute approximate surface area is 204 Å². The number of hydrogen-bond acceptors (Lipinski definition) is 6. The average molecular weight is 527 g/mol. The van der Waals surface area contributed by atoms with Crippen LogP contribution in [0.2, 0.25) is 0 Å². The third-order valence-electron chi connectivity index (χ3n) is 5.88. The molecule has 0 aliphatic rings. The number of aromatic nitrogens is 5. The molecule has 2 heterocycles. The minimum atomic E-state index is -4.37.